The summed E-state index contributed by atoms with van der Waals surface area (Å²) in [6.07, 6.45) is 3.83. The minimum atomic E-state index is -3.88. The summed E-state index contributed by atoms with van der Waals surface area (Å²) >= 11 is 7.21. The average Bonchev–Trinajstić information content (AvgIpc) is 3.35. The number of aromatic nitrogens is 2. The van der Waals surface area contributed by atoms with Gasteiger partial charge < -0.3 is 5.32 Å². The lowest BCUT2D eigenvalue weighted by atomic mass is 10.1. The van der Waals surface area contributed by atoms with Crippen molar-refractivity contribution in [3.63, 3.8) is 0 Å². The van der Waals surface area contributed by atoms with E-state index in [9.17, 15) is 17.6 Å². The van der Waals surface area contributed by atoms with E-state index in [2.05, 4.69) is 15.1 Å². The SMILES string of the molecule is CN1C(C(=O)Nc2ccc(F)c(Cl)c2)CC(c2ccc(-c3cnn(C)c3)s2)NS1(=O)=O. The molecule has 0 spiro atoms. The van der Waals surface area contributed by atoms with E-state index in [0.717, 1.165) is 25.7 Å². The third kappa shape index (κ3) is 4.51. The highest BCUT2D eigenvalue weighted by Crippen LogP contribution is 2.36. The van der Waals surface area contributed by atoms with Crippen LogP contribution in [0.15, 0.2) is 42.7 Å². The van der Waals surface area contributed by atoms with Crippen molar-refractivity contribution >= 4 is 44.7 Å². The van der Waals surface area contributed by atoms with Crippen LogP contribution in [0.1, 0.15) is 17.3 Å². The second-order valence-corrected chi connectivity index (χ2v) is 10.5. The zero-order valence-corrected chi connectivity index (χ0v) is 18.9. The van der Waals surface area contributed by atoms with Gasteiger partial charge in [-0.15, -0.1) is 11.3 Å². The molecule has 1 aliphatic rings. The highest BCUT2D eigenvalue weighted by molar-refractivity contribution is 7.87. The maximum atomic E-state index is 13.4. The van der Waals surface area contributed by atoms with Crippen LogP contribution in [0.3, 0.4) is 0 Å². The van der Waals surface area contributed by atoms with Crippen LogP contribution in [-0.2, 0) is 22.1 Å². The minimum Gasteiger partial charge on any atom is -0.325 e. The predicted octanol–water partition coefficient (Wildman–Crippen LogP) is 3.16. The highest BCUT2D eigenvalue weighted by Gasteiger charge is 2.41. The molecule has 0 aliphatic carbocycles. The van der Waals surface area contributed by atoms with E-state index < -0.39 is 34.0 Å². The van der Waals surface area contributed by atoms with E-state index in [1.165, 1.54) is 30.5 Å². The lowest BCUT2D eigenvalue weighted by Gasteiger charge is -2.35. The molecule has 3 heterocycles. The Bertz CT molecular complexity index is 1240. The fourth-order valence-electron chi connectivity index (χ4n) is 3.34. The molecule has 0 bridgehead atoms. The summed E-state index contributed by atoms with van der Waals surface area (Å²) in [4.78, 5) is 14.6. The number of aryl methyl sites for hydroxylation is 1. The first-order valence-corrected chi connectivity index (χ1v) is 11.9. The molecular formula is C19H19ClFN5O3S2. The van der Waals surface area contributed by atoms with Crippen molar-refractivity contribution in [2.75, 3.05) is 12.4 Å². The van der Waals surface area contributed by atoms with Gasteiger partial charge in [0.05, 0.1) is 17.3 Å². The Kier molecular flexibility index (Phi) is 5.88. The van der Waals surface area contributed by atoms with Crippen LogP contribution in [0.2, 0.25) is 5.02 Å². The smallest absolute Gasteiger partial charge is 0.280 e. The number of nitrogens with one attached hydrogen (secondary N) is 2. The van der Waals surface area contributed by atoms with Crippen LogP contribution >= 0.6 is 22.9 Å². The number of likely N-dealkylation sites (N-methyl/N-ethyl adjacent to an activating group) is 1. The van der Waals surface area contributed by atoms with Gasteiger partial charge >= 0.3 is 0 Å². The summed E-state index contributed by atoms with van der Waals surface area (Å²) in [5.74, 6) is -1.13. The van der Waals surface area contributed by atoms with Crippen molar-refractivity contribution in [3.8, 4) is 10.4 Å². The molecule has 2 aromatic heterocycles. The van der Waals surface area contributed by atoms with Gasteiger partial charge in [-0.2, -0.15) is 22.5 Å². The molecule has 2 atom stereocenters. The number of nitrogens with zero attached hydrogens (tertiary/aromatic N) is 3. The van der Waals surface area contributed by atoms with Gasteiger partial charge in [-0.25, -0.2) is 4.39 Å². The maximum absolute atomic E-state index is 13.4. The van der Waals surface area contributed by atoms with Crippen LogP contribution in [0.25, 0.3) is 10.4 Å². The molecule has 1 saturated heterocycles. The number of rotatable bonds is 4. The molecule has 12 heteroatoms. The fraction of sp³-hybridized carbons (Fsp3) is 0.263. The van der Waals surface area contributed by atoms with E-state index in [1.807, 2.05) is 25.4 Å². The van der Waals surface area contributed by atoms with Crippen molar-refractivity contribution < 1.29 is 17.6 Å². The average molecular weight is 484 g/mol. The summed E-state index contributed by atoms with van der Waals surface area (Å²) in [7, 11) is -0.721. The molecule has 2 N–H and O–H groups in total. The summed E-state index contributed by atoms with van der Waals surface area (Å²) < 4.78 is 44.0. The molecule has 3 aromatic rings. The molecule has 1 fully saturated rings. The van der Waals surface area contributed by atoms with Crippen LogP contribution < -0.4 is 10.0 Å². The van der Waals surface area contributed by atoms with Gasteiger partial charge in [-0.05, 0) is 36.8 Å². The summed E-state index contributed by atoms with van der Waals surface area (Å²) in [6, 6.07) is 6.01. The first kappa shape index (κ1) is 21.9. The topological polar surface area (TPSA) is 96.3 Å². The number of benzene rings is 1. The van der Waals surface area contributed by atoms with E-state index in [4.69, 9.17) is 11.6 Å². The third-order valence-electron chi connectivity index (χ3n) is 5.02. The van der Waals surface area contributed by atoms with Gasteiger partial charge in [0.15, 0.2) is 0 Å². The molecule has 2 unspecified atom stereocenters. The number of carbonyl (C=O) groups is 1. The van der Waals surface area contributed by atoms with Gasteiger partial charge in [-0.3, -0.25) is 9.48 Å². The summed E-state index contributed by atoms with van der Waals surface area (Å²) in [5.41, 5.74) is 1.21. The van der Waals surface area contributed by atoms with Crippen molar-refractivity contribution in [3.05, 3.63) is 58.4 Å². The van der Waals surface area contributed by atoms with E-state index in [1.54, 1.807) is 10.9 Å². The van der Waals surface area contributed by atoms with Gasteiger partial charge in [0.2, 0.25) is 5.91 Å². The van der Waals surface area contributed by atoms with Crippen molar-refractivity contribution in [1.29, 1.82) is 0 Å². The first-order chi connectivity index (χ1) is 14.6. The van der Waals surface area contributed by atoms with Crippen LogP contribution in [0.4, 0.5) is 10.1 Å². The number of thiophene rings is 1. The van der Waals surface area contributed by atoms with Crippen LogP contribution in [0, 0.1) is 5.82 Å². The minimum absolute atomic E-state index is 0.136. The molecular weight excluding hydrogens is 465 g/mol. The quantitative estimate of drug-likeness (QED) is 0.595. The highest BCUT2D eigenvalue weighted by atomic mass is 35.5. The van der Waals surface area contributed by atoms with Crippen molar-refractivity contribution in [1.82, 2.24) is 18.8 Å². The molecule has 164 valence electrons. The Morgan fingerprint density at radius 3 is 2.77 bits per heavy atom. The normalized spacial score (nSPS) is 21.2. The second-order valence-electron chi connectivity index (χ2n) is 7.17. The Morgan fingerprint density at radius 1 is 1.32 bits per heavy atom. The van der Waals surface area contributed by atoms with Crippen molar-refractivity contribution in [2.24, 2.45) is 7.05 Å². The first-order valence-electron chi connectivity index (χ1n) is 9.24. The second kappa shape index (κ2) is 8.32. The molecule has 1 aliphatic heterocycles. The fourth-order valence-corrected chi connectivity index (χ4v) is 5.91. The largest absolute Gasteiger partial charge is 0.325 e. The number of hydrogen-bond donors (Lipinski definition) is 2. The molecule has 0 saturated carbocycles. The van der Waals surface area contributed by atoms with Crippen molar-refractivity contribution in [2.45, 2.75) is 18.5 Å². The number of halogens is 2. The lowest BCUT2D eigenvalue weighted by molar-refractivity contribution is -0.120. The van der Waals surface area contributed by atoms with Crippen LogP contribution in [0.5, 0.6) is 0 Å². The van der Waals surface area contributed by atoms with Gasteiger partial charge in [-0.1, -0.05) is 11.6 Å². The zero-order chi connectivity index (χ0) is 22.3. The number of amides is 1. The van der Waals surface area contributed by atoms with Gasteiger partial charge in [0.25, 0.3) is 10.2 Å². The standard InChI is InChI=1S/C19H19ClFN5O3S2/c1-25-10-11(9-22-25)17-5-6-18(30-17)15-8-16(26(2)31(28,29)24-15)19(27)23-12-3-4-14(21)13(20)7-12/h3-7,9-10,15-16,24H,8H2,1-2H3,(H,23,27). The molecule has 0 radical (unpaired) electrons. The molecule has 4 rings (SSSR count). The van der Waals surface area contributed by atoms with Gasteiger partial charge in [0, 0.05) is 41.3 Å². The number of hydrogen-bond acceptors (Lipinski definition) is 5. The Balaban J connectivity index is 1.57. The monoisotopic (exact) mass is 483 g/mol. The van der Waals surface area contributed by atoms with E-state index >= 15 is 0 Å². The Labute approximate surface area is 187 Å². The third-order valence-corrected chi connectivity index (χ3v) is 8.15. The van der Waals surface area contributed by atoms with Gasteiger partial charge in [0.1, 0.15) is 11.9 Å². The lowest BCUT2D eigenvalue weighted by Crippen LogP contribution is -2.55. The van der Waals surface area contributed by atoms with Crippen LogP contribution in [-0.4, -0.2) is 41.5 Å². The summed E-state index contributed by atoms with van der Waals surface area (Å²) in [6.45, 7) is 0. The maximum Gasteiger partial charge on any atom is 0.280 e. The Hall–Kier alpha value is -2.31. The number of anilines is 1. The molecule has 8 nitrogen and oxygen atoms in total. The molecule has 1 aromatic carbocycles. The predicted molar refractivity (Wildman–Crippen MR) is 118 cm³/mol. The Morgan fingerprint density at radius 2 is 2.10 bits per heavy atom. The molecule has 1 amide bonds. The number of carbonyl (C=O) groups excluding carboxylic acids is 1. The summed E-state index contributed by atoms with van der Waals surface area (Å²) in [5, 5.41) is 6.64. The zero-order valence-electron chi connectivity index (χ0n) is 16.5. The molecule has 31 heavy (non-hydrogen) atoms. The van der Waals surface area contributed by atoms with E-state index in [-0.39, 0.29) is 17.1 Å². The van der Waals surface area contributed by atoms with E-state index in [0.29, 0.717) is 0 Å².